The van der Waals surface area contributed by atoms with Gasteiger partial charge in [0.2, 0.25) is 0 Å². The summed E-state index contributed by atoms with van der Waals surface area (Å²) in [5.41, 5.74) is -0.829. The molecule has 0 saturated carbocycles. The number of halogens is 5. The second-order valence-electron chi connectivity index (χ2n) is 4.63. The minimum Gasteiger partial charge on any atom is -0.369 e. The van der Waals surface area contributed by atoms with Crippen LogP contribution in [0, 0.1) is 5.92 Å². The zero-order valence-electron chi connectivity index (χ0n) is 10.6. The number of pyridine rings is 1. The van der Waals surface area contributed by atoms with E-state index >= 15 is 0 Å². The van der Waals surface area contributed by atoms with Crippen LogP contribution in [0.25, 0.3) is 0 Å². The van der Waals surface area contributed by atoms with Crippen LogP contribution in [0.5, 0.6) is 0 Å². The highest BCUT2D eigenvalue weighted by molar-refractivity contribution is 6.32. The summed E-state index contributed by atoms with van der Waals surface area (Å²) in [7, 11) is 0. The maximum absolute atomic E-state index is 12.5. The predicted molar refractivity (Wildman–Crippen MR) is 75.6 cm³/mol. The van der Waals surface area contributed by atoms with E-state index in [1.165, 1.54) is 0 Å². The number of nitrogens with zero attached hydrogens (tertiary/aromatic N) is 1. The van der Waals surface area contributed by atoms with E-state index in [2.05, 4.69) is 15.6 Å². The van der Waals surface area contributed by atoms with Gasteiger partial charge in [0.05, 0.1) is 10.6 Å². The van der Waals surface area contributed by atoms with E-state index < -0.39 is 11.7 Å². The van der Waals surface area contributed by atoms with Gasteiger partial charge in [-0.05, 0) is 37.9 Å². The van der Waals surface area contributed by atoms with Crippen LogP contribution in [0.15, 0.2) is 12.3 Å². The van der Waals surface area contributed by atoms with Crippen LogP contribution in [0.4, 0.5) is 19.0 Å². The molecule has 0 amide bonds. The van der Waals surface area contributed by atoms with Crippen LogP contribution < -0.4 is 10.6 Å². The lowest BCUT2D eigenvalue weighted by atomic mass is 9.98. The summed E-state index contributed by atoms with van der Waals surface area (Å²) in [6, 6.07) is 0.902. The van der Waals surface area contributed by atoms with Gasteiger partial charge in [-0.25, -0.2) is 4.98 Å². The lowest BCUT2D eigenvalue weighted by Gasteiger charge is -2.23. The molecule has 0 atom stereocenters. The van der Waals surface area contributed by atoms with Crippen molar-refractivity contribution in [3.63, 3.8) is 0 Å². The molecule has 0 aliphatic carbocycles. The van der Waals surface area contributed by atoms with Gasteiger partial charge in [0, 0.05) is 12.7 Å². The highest BCUT2D eigenvalue weighted by Crippen LogP contribution is 2.32. The molecule has 114 valence electrons. The molecule has 2 N–H and O–H groups in total. The van der Waals surface area contributed by atoms with Gasteiger partial charge in [-0.1, -0.05) is 11.6 Å². The SMILES string of the molecule is Cl.FC(F)(F)c1cnc(NCC2CCNCC2)c(Cl)c1. The fourth-order valence-electron chi connectivity index (χ4n) is 2.05. The van der Waals surface area contributed by atoms with Gasteiger partial charge in [0.25, 0.3) is 0 Å². The standard InChI is InChI=1S/C12H15ClF3N3.ClH/c13-10-5-9(12(14,15)16)7-19-11(10)18-6-8-1-3-17-4-2-8;/h5,7-8,17H,1-4,6H2,(H,18,19);1H. The van der Waals surface area contributed by atoms with Crippen LogP contribution in [-0.2, 0) is 6.18 Å². The molecule has 0 bridgehead atoms. The number of hydrogen-bond acceptors (Lipinski definition) is 3. The van der Waals surface area contributed by atoms with E-state index in [9.17, 15) is 13.2 Å². The van der Waals surface area contributed by atoms with Crippen molar-refractivity contribution in [2.75, 3.05) is 25.0 Å². The third kappa shape index (κ3) is 4.68. The van der Waals surface area contributed by atoms with E-state index in [1.54, 1.807) is 0 Å². The van der Waals surface area contributed by atoms with Crippen LogP contribution in [-0.4, -0.2) is 24.6 Å². The normalized spacial score (nSPS) is 16.6. The smallest absolute Gasteiger partial charge is 0.369 e. The summed E-state index contributed by atoms with van der Waals surface area (Å²) in [5.74, 6) is 0.814. The monoisotopic (exact) mass is 329 g/mol. The molecule has 1 aliphatic heterocycles. The molecular weight excluding hydrogens is 314 g/mol. The Labute approximate surface area is 126 Å². The largest absolute Gasteiger partial charge is 0.417 e. The van der Waals surface area contributed by atoms with E-state index in [0.29, 0.717) is 18.3 Å². The predicted octanol–water partition coefficient (Wildman–Crippen LogP) is 3.59. The Bertz CT molecular complexity index is 434. The first kappa shape index (κ1) is 17.3. The summed E-state index contributed by atoms with van der Waals surface area (Å²) < 4.78 is 37.4. The number of anilines is 1. The van der Waals surface area contributed by atoms with Gasteiger partial charge in [0.1, 0.15) is 5.82 Å². The summed E-state index contributed by atoms with van der Waals surface area (Å²) in [4.78, 5) is 3.75. The lowest BCUT2D eigenvalue weighted by Crippen LogP contribution is -2.31. The molecule has 0 radical (unpaired) electrons. The quantitative estimate of drug-likeness (QED) is 0.889. The highest BCUT2D eigenvalue weighted by atomic mass is 35.5. The Kier molecular flexibility index (Phi) is 6.36. The van der Waals surface area contributed by atoms with Crippen molar-refractivity contribution in [3.05, 3.63) is 22.8 Å². The fraction of sp³-hybridized carbons (Fsp3) is 0.583. The molecular formula is C12H16Cl2F3N3. The van der Waals surface area contributed by atoms with E-state index in [0.717, 1.165) is 38.2 Å². The highest BCUT2D eigenvalue weighted by Gasteiger charge is 2.31. The average Bonchev–Trinajstić information content (AvgIpc) is 2.37. The van der Waals surface area contributed by atoms with Crippen molar-refractivity contribution in [2.24, 2.45) is 5.92 Å². The number of nitrogens with one attached hydrogen (secondary N) is 2. The van der Waals surface area contributed by atoms with Gasteiger partial charge in [-0.3, -0.25) is 0 Å². The Balaban J connectivity index is 0.00000200. The molecule has 0 spiro atoms. The molecule has 0 aromatic carbocycles. The number of hydrogen-bond donors (Lipinski definition) is 2. The third-order valence-corrected chi connectivity index (χ3v) is 3.47. The van der Waals surface area contributed by atoms with Gasteiger partial charge in [-0.2, -0.15) is 13.2 Å². The van der Waals surface area contributed by atoms with Crippen molar-refractivity contribution in [2.45, 2.75) is 19.0 Å². The maximum Gasteiger partial charge on any atom is 0.417 e. The van der Waals surface area contributed by atoms with Gasteiger partial charge < -0.3 is 10.6 Å². The van der Waals surface area contributed by atoms with Crippen molar-refractivity contribution >= 4 is 29.8 Å². The number of alkyl halides is 3. The number of piperidine rings is 1. The van der Waals surface area contributed by atoms with Crippen LogP contribution in [0.3, 0.4) is 0 Å². The molecule has 20 heavy (non-hydrogen) atoms. The first-order valence-corrected chi connectivity index (χ1v) is 6.52. The zero-order chi connectivity index (χ0) is 13.9. The summed E-state index contributed by atoms with van der Waals surface area (Å²) in [6.07, 6.45) is -1.52. The summed E-state index contributed by atoms with van der Waals surface area (Å²) in [6.45, 7) is 2.63. The second-order valence-corrected chi connectivity index (χ2v) is 5.03. The Morgan fingerprint density at radius 1 is 1.35 bits per heavy atom. The first-order chi connectivity index (χ1) is 8.97. The van der Waals surface area contributed by atoms with E-state index in [1.807, 2.05) is 0 Å². The minimum absolute atomic E-state index is 0. The van der Waals surface area contributed by atoms with E-state index in [-0.39, 0.29) is 17.4 Å². The van der Waals surface area contributed by atoms with Crippen molar-refractivity contribution in [1.29, 1.82) is 0 Å². The molecule has 8 heteroatoms. The summed E-state index contributed by atoms with van der Waals surface area (Å²) >= 11 is 5.82. The molecule has 3 nitrogen and oxygen atoms in total. The number of aromatic nitrogens is 1. The lowest BCUT2D eigenvalue weighted by molar-refractivity contribution is -0.137. The van der Waals surface area contributed by atoms with Gasteiger partial charge in [0.15, 0.2) is 0 Å². The number of rotatable bonds is 3. The maximum atomic E-state index is 12.5. The van der Waals surface area contributed by atoms with Crippen molar-refractivity contribution in [3.8, 4) is 0 Å². The average molecular weight is 330 g/mol. The zero-order valence-corrected chi connectivity index (χ0v) is 12.2. The van der Waals surface area contributed by atoms with E-state index in [4.69, 9.17) is 11.6 Å². The molecule has 1 aliphatic rings. The minimum atomic E-state index is -4.41. The molecule has 1 fully saturated rings. The molecule has 1 saturated heterocycles. The second kappa shape index (κ2) is 7.33. The topological polar surface area (TPSA) is 37.0 Å². The molecule has 2 heterocycles. The van der Waals surface area contributed by atoms with Crippen LogP contribution >= 0.6 is 24.0 Å². The van der Waals surface area contributed by atoms with Crippen LogP contribution in [0.2, 0.25) is 5.02 Å². The first-order valence-electron chi connectivity index (χ1n) is 6.14. The Morgan fingerprint density at radius 3 is 2.55 bits per heavy atom. The molecule has 1 aromatic heterocycles. The molecule has 0 unspecified atom stereocenters. The van der Waals surface area contributed by atoms with Crippen LogP contribution in [0.1, 0.15) is 18.4 Å². The fourth-order valence-corrected chi connectivity index (χ4v) is 2.28. The van der Waals surface area contributed by atoms with Gasteiger partial charge in [-0.15, -0.1) is 12.4 Å². The molecule has 1 aromatic rings. The summed E-state index contributed by atoms with van der Waals surface area (Å²) in [5, 5.41) is 6.28. The Morgan fingerprint density at radius 2 is 2.00 bits per heavy atom. The van der Waals surface area contributed by atoms with Gasteiger partial charge >= 0.3 is 6.18 Å². The molecule has 2 rings (SSSR count). The van der Waals surface area contributed by atoms with Crippen molar-refractivity contribution < 1.29 is 13.2 Å². The Hall–Kier alpha value is -0.720. The van der Waals surface area contributed by atoms with Crippen molar-refractivity contribution in [1.82, 2.24) is 10.3 Å². The third-order valence-electron chi connectivity index (χ3n) is 3.19.